The summed E-state index contributed by atoms with van der Waals surface area (Å²) in [5.74, 6) is 0. The van der Waals surface area contributed by atoms with Crippen molar-refractivity contribution in [3.05, 3.63) is 27.2 Å². The molecule has 19 heavy (non-hydrogen) atoms. The van der Waals surface area contributed by atoms with Gasteiger partial charge in [-0.2, -0.15) is 0 Å². The second-order valence-corrected chi connectivity index (χ2v) is 6.60. The maximum absolute atomic E-state index is 6.20. The summed E-state index contributed by atoms with van der Waals surface area (Å²) < 4.78 is 1.10. The quantitative estimate of drug-likeness (QED) is 0.851. The molecule has 4 heteroatoms. The lowest BCUT2D eigenvalue weighted by molar-refractivity contribution is 0.219. The molecule has 0 radical (unpaired) electrons. The Labute approximate surface area is 129 Å². The fourth-order valence-electron chi connectivity index (χ4n) is 2.59. The van der Waals surface area contributed by atoms with Crippen LogP contribution in [-0.2, 0) is 0 Å². The topological polar surface area (TPSA) is 15.3 Å². The number of hydrogen-bond donors (Lipinski definition) is 1. The molecule has 0 saturated carbocycles. The molecule has 106 valence electrons. The molecule has 1 fully saturated rings. The molecule has 1 aromatic carbocycles. The molecular weight excluding hydrogens is 324 g/mol. The van der Waals surface area contributed by atoms with Crippen molar-refractivity contribution in [1.29, 1.82) is 0 Å². The smallest absolute Gasteiger partial charge is 0.0501 e. The lowest BCUT2D eigenvalue weighted by Crippen LogP contribution is -2.39. The molecule has 1 aliphatic rings. The second-order valence-electron chi connectivity index (χ2n) is 5.34. The summed E-state index contributed by atoms with van der Waals surface area (Å²) in [4.78, 5) is 2.55. The lowest BCUT2D eigenvalue weighted by Gasteiger charge is -2.32. The normalized spacial score (nSPS) is 17.7. The van der Waals surface area contributed by atoms with Gasteiger partial charge in [-0.15, -0.1) is 0 Å². The molecule has 0 unspecified atom stereocenters. The zero-order chi connectivity index (χ0) is 13.8. The molecule has 0 aliphatic carbocycles. The Morgan fingerprint density at radius 2 is 2.05 bits per heavy atom. The molecule has 0 amide bonds. The first-order valence-corrected chi connectivity index (χ1v) is 8.21. The summed E-state index contributed by atoms with van der Waals surface area (Å²) in [5.41, 5.74) is 2.22. The minimum atomic E-state index is 0.558. The number of piperidine rings is 1. The number of rotatable bonds is 4. The number of halogens is 2. The summed E-state index contributed by atoms with van der Waals surface area (Å²) in [6, 6.07) is 4.67. The molecule has 1 aliphatic heterocycles. The van der Waals surface area contributed by atoms with Gasteiger partial charge in [-0.25, -0.2) is 0 Å². The van der Waals surface area contributed by atoms with Gasteiger partial charge in [0.15, 0.2) is 0 Å². The molecule has 0 atom stereocenters. The maximum atomic E-state index is 6.20. The monoisotopic (exact) mass is 344 g/mol. The molecule has 2 nitrogen and oxygen atoms in total. The Morgan fingerprint density at radius 1 is 1.37 bits per heavy atom. The van der Waals surface area contributed by atoms with Crippen molar-refractivity contribution >= 4 is 33.2 Å². The number of aryl methyl sites for hydroxylation is 1. The van der Waals surface area contributed by atoms with Gasteiger partial charge in [0.1, 0.15) is 0 Å². The number of anilines is 1. The van der Waals surface area contributed by atoms with Gasteiger partial charge in [-0.1, -0.05) is 18.5 Å². The Bertz CT molecular complexity index is 428. The highest BCUT2D eigenvalue weighted by atomic mass is 79.9. The van der Waals surface area contributed by atoms with E-state index in [1.165, 1.54) is 38.9 Å². The maximum Gasteiger partial charge on any atom is 0.0501 e. The first kappa shape index (κ1) is 15.1. The fraction of sp³-hybridized carbons (Fsp3) is 0.600. The zero-order valence-electron chi connectivity index (χ0n) is 11.7. The van der Waals surface area contributed by atoms with Gasteiger partial charge in [0, 0.05) is 28.6 Å². The number of nitrogens with one attached hydrogen (secondary N) is 1. The summed E-state index contributed by atoms with van der Waals surface area (Å²) in [6.45, 7) is 7.90. The molecular formula is C15H22BrClN2. The SMILES string of the molecule is CCCN1CCC(Nc2cc(Cl)c(C)cc2Br)CC1. The van der Waals surface area contributed by atoms with Crippen molar-refractivity contribution in [1.82, 2.24) is 4.90 Å². The fourth-order valence-corrected chi connectivity index (χ4v) is 3.33. The third-order valence-electron chi connectivity index (χ3n) is 3.74. The van der Waals surface area contributed by atoms with E-state index in [1.807, 2.05) is 13.0 Å². The molecule has 0 bridgehead atoms. The van der Waals surface area contributed by atoms with E-state index in [9.17, 15) is 0 Å². The van der Waals surface area contributed by atoms with E-state index in [-0.39, 0.29) is 0 Å². The van der Waals surface area contributed by atoms with Crippen molar-refractivity contribution in [3.63, 3.8) is 0 Å². The van der Waals surface area contributed by atoms with E-state index in [2.05, 4.69) is 39.1 Å². The molecule has 2 rings (SSSR count). The van der Waals surface area contributed by atoms with Crippen molar-refractivity contribution in [2.75, 3.05) is 25.0 Å². The standard InChI is InChI=1S/C15H22BrClN2/c1-3-6-19-7-4-12(5-8-19)18-15-10-14(17)11(2)9-13(15)16/h9-10,12,18H,3-8H2,1-2H3. The Kier molecular flexibility index (Phi) is 5.55. The summed E-state index contributed by atoms with van der Waals surface area (Å²) in [6.07, 6.45) is 3.66. The van der Waals surface area contributed by atoms with Crippen LogP contribution in [0.2, 0.25) is 5.02 Å². The van der Waals surface area contributed by atoms with Crippen LogP contribution in [0.5, 0.6) is 0 Å². The van der Waals surface area contributed by atoms with Crippen LogP contribution in [0, 0.1) is 6.92 Å². The van der Waals surface area contributed by atoms with Crippen LogP contribution < -0.4 is 5.32 Å². The van der Waals surface area contributed by atoms with Crippen molar-refractivity contribution in [2.45, 2.75) is 39.2 Å². The largest absolute Gasteiger partial charge is 0.381 e. The van der Waals surface area contributed by atoms with E-state index in [0.717, 1.165) is 20.7 Å². The highest BCUT2D eigenvalue weighted by Gasteiger charge is 2.19. The van der Waals surface area contributed by atoms with Crippen LogP contribution >= 0.6 is 27.5 Å². The van der Waals surface area contributed by atoms with Crippen LogP contribution in [0.3, 0.4) is 0 Å². The van der Waals surface area contributed by atoms with Gasteiger partial charge in [-0.05, 0) is 66.4 Å². The van der Waals surface area contributed by atoms with E-state index in [4.69, 9.17) is 11.6 Å². The van der Waals surface area contributed by atoms with Crippen LogP contribution in [-0.4, -0.2) is 30.6 Å². The first-order valence-electron chi connectivity index (χ1n) is 7.04. The average molecular weight is 346 g/mol. The Hall–Kier alpha value is -0.250. The Balaban J connectivity index is 1.94. The van der Waals surface area contributed by atoms with Gasteiger partial charge in [0.25, 0.3) is 0 Å². The molecule has 0 spiro atoms. The van der Waals surface area contributed by atoms with E-state index < -0.39 is 0 Å². The molecule has 1 N–H and O–H groups in total. The first-order chi connectivity index (χ1) is 9.10. The van der Waals surface area contributed by atoms with Crippen molar-refractivity contribution in [3.8, 4) is 0 Å². The summed E-state index contributed by atoms with van der Waals surface area (Å²) in [7, 11) is 0. The number of likely N-dealkylation sites (tertiary alicyclic amines) is 1. The predicted molar refractivity (Wildman–Crippen MR) is 87.3 cm³/mol. The third kappa shape index (κ3) is 4.11. The zero-order valence-corrected chi connectivity index (χ0v) is 14.0. The van der Waals surface area contributed by atoms with Gasteiger partial charge in [0.05, 0.1) is 5.69 Å². The predicted octanol–water partition coefficient (Wildman–Crippen LogP) is 4.70. The molecule has 1 heterocycles. The molecule has 0 aromatic heterocycles. The number of nitrogens with zero attached hydrogens (tertiary/aromatic N) is 1. The van der Waals surface area contributed by atoms with E-state index in [0.29, 0.717) is 6.04 Å². The van der Waals surface area contributed by atoms with Crippen LogP contribution in [0.4, 0.5) is 5.69 Å². The minimum absolute atomic E-state index is 0.558. The van der Waals surface area contributed by atoms with Gasteiger partial charge in [0.2, 0.25) is 0 Å². The number of benzene rings is 1. The van der Waals surface area contributed by atoms with Gasteiger partial charge >= 0.3 is 0 Å². The molecule has 1 saturated heterocycles. The van der Waals surface area contributed by atoms with Gasteiger partial charge in [-0.3, -0.25) is 0 Å². The Morgan fingerprint density at radius 3 is 2.68 bits per heavy atom. The van der Waals surface area contributed by atoms with Crippen molar-refractivity contribution in [2.24, 2.45) is 0 Å². The average Bonchev–Trinajstić information content (AvgIpc) is 2.38. The highest BCUT2D eigenvalue weighted by Crippen LogP contribution is 2.30. The highest BCUT2D eigenvalue weighted by molar-refractivity contribution is 9.10. The van der Waals surface area contributed by atoms with Crippen molar-refractivity contribution < 1.29 is 0 Å². The van der Waals surface area contributed by atoms with Gasteiger partial charge < -0.3 is 10.2 Å². The van der Waals surface area contributed by atoms with E-state index in [1.54, 1.807) is 0 Å². The lowest BCUT2D eigenvalue weighted by atomic mass is 10.0. The third-order valence-corrected chi connectivity index (χ3v) is 4.80. The minimum Gasteiger partial charge on any atom is -0.381 e. The van der Waals surface area contributed by atoms with Crippen LogP contribution in [0.1, 0.15) is 31.7 Å². The van der Waals surface area contributed by atoms with Crippen LogP contribution in [0.25, 0.3) is 0 Å². The summed E-state index contributed by atoms with van der Waals surface area (Å²) >= 11 is 9.81. The van der Waals surface area contributed by atoms with Crippen LogP contribution in [0.15, 0.2) is 16.6 Å². The summed E-state index contributed by atoms with van der Waals surface area (Å²) in [5, 5.41) is 4.45. The van der Waals surface area contributed by atoms with E-state index >= 15 is 0 Å². The molecule has 1 aromatic rings. The number of hydrogen-bond acceptors (Lipinski definition) is 2. The second kappa shape index (κ2) is 6.96.